The van der Waals surface area contributed by atoms with Crippen molar-refractivity contribution in [3.8, 4) is 11.5 Å². The van der Waals surface area contributed by atoms with Crippen molar-refractivity contribution in [2.45, 2.75) is 19.8 Å². The number of rotatable bonds is 9. The highest BCUT2D eigenvalue weighted by atomic mass is 32.1. The molecule has 1 amide bonds. The summed E-state index contributed by atoms with van der Waals surface area (Å²) < 4.78 is 11.0. The Hall–Kier alpha value is -2.93. The van der Waals surface area contributed by atoms with Crippen LogP contribution in [0.5, 0.6) is 11.5 Å². The molecule has 2 aromatic carbocycles. The molecule has 0 atom stereocenters. The van der Waals surface area contributed by atoms with Crippen LogP contribution in [0.25, 0.3) is 0 Å². The van der Waals surface area contributed by atoms with E-state index in [1.807, 2.05) is 61.5 Å². The second-order valence-electron chi connectivity index (χ2n) is 5.71. The highest BCUT2D eigenvalue weighted by molar-refractivity contribution is 7.15. The Bertz CT molecular complexity index is 850. The summed E-state index contributed by atoms with van der Waals surface area (Å²) in [5, 5.41) is 12.2. The molecule has 1 N–H and O–H groups in total. The highest BCUT2D eigenvalue weighted by Crippen LogP contribution is 2.18. The molecule has 7 heteroatoms. The Labute approximate surface area is 162 Å². The van der Waals surface area contributed by atoms with Crippen LogP contribution in [0, 0.1) is 0 Å². The number of carbonyl (C=O) groups is 1. The first-order valence-corrected chi connectivity index (χ1v) is 9.56. The lowest BCUT2D eigenvalue weighted by atomic mass is 10.1. The van der Waals surface area contributed by atoms with Crippen LogP contribution in [0.2, 0.25) is 0 Å². The SMILES string of the molecule is CCOc1ccc(CC(=O)Nc2nnc(CCOc3ccccc3)s2)cc1. The predicted octanol–water partition coefficient (Wildman–Crippen LogP) is 3.74. The number of amides is 1. The Kier molecular flexibility index (Phi) is 6.76. The van der Waals surface area contributed by atoms with Gasteiger partial charge >= 0.3 is 0 Å². The van der Waals surface area contributed by atoms with Gasteiger partial charge in [0.05, 0.1) is 19.6 Å². The molecular weight excluding hydrogens is 362 g/mol. The van der Waals surface area contributed by atoms with Gasteiger partial charge < -0.3 is 14.8 Å². The maximum absolute atomic E-state index is 12.2. The Balaban J connectivity index is 1.44. The summed E-state index contributed by atoms with van der Waals surface area (Å²) in [6.07, 6.45) is 0.916. The lowest BCUT2D eigenvalue weighted by Gasteiger charge is -2.05. The molecule has 0 radical (unpaired) electrons. The maximum Gasteiger partial charge on any atom is 0.230 e. The Morgan fingerprint density at radius 3 is 2.48 bits per heavy atom. The van der Waals surface area contributed by atoms with E-state index in [1.165, 1.54) is 11.3 Å². The zero-order valence-corrected chi connectivity index (χ0v) is 15.9. The smallest absolute Gasteiger partial charge is 0.230 e. The van der Waals surface area contributed by atoms with E-state index >= 15 is 0 Å². The van der Waals surface area contributed by atoms with Gasteiger partial charge in [0, 0.05) is 6.42 Å². The van der Waals surface area contributed by atoms with Crippen LogP contribution < -0.4 is 14.8 Å². The van der Waals surface area contributed by atoms with Gasteiger partial charge in [0.2, 0.25) is 11.0 Å². The van der Waals surface area contributed by atoms with E-state index in [9.17, 15) is 4.79 Å². The number of anilines is 1. The molecule has 1 aromatic heterocycles. The average Bonchev–Trinajstić information content (AvgIpc) is 3.11. The van der Waals surface area contributed by atoms with Crippen molar-refractivity contribution >= 4 is 22.4 Å². The van der Waals surface area contributed by atoms with E-state index in [0.717, 1.165) is 22.1 Å². The molecule has 0 fully saturated rings. The minimum Gasteiger partial charge on any atom is -0.494 e. The topological polar surface area (TPSA) is 73.3 Å². The fourth-order valence-electron chi connectivity index (χ4n) is 2.40. The molecule has 0 aliphatic rings. The molecule has 1 heterocycles. The van der Waals surface area contributed by atoms with Crippen molar-refractivity contribution in [1.29, 1.82) is 0 Å². The molecule has 6 nitrogen and oxygen atoms in total. The number of nitrogens with one attached hydrogen (secondary N) is 1. The third-order valence-electron chi connectivity index (χ3n) is 3.64. The first-order chi connectivity index (χ1) is 13.2. The number of ether oxygens (including phenoxy) is 2. The van der Waals surface area contributed by atoms with Crippen molar-refractivity contribution in [3.05, 3.63) is 65.2 Å². The van der Waals surface area contributed by atoms with E-state index in [2.05, 4.69) is 15.5 Å². The van der Waals surface area contributed by atoms with Crippen LogP contribution in [-0.4, -0.2) is 29.3 Å². The van der Waals surface area contributed by atoms with Crippen LogP contribution in [-0.2, 0) is 17.6 Å². The lowest BCUT2D eigenvalue weighted by Crippen LogP contribution is -2.14. The number of aromatic nitrogens is 2. The van der Waals surface area contributed by atoms with Gasteiger partial charge in [-0.25, -0.2) is 0 Å². The average molecular weight is 383 g/mol. The standard InChI is InChI=1S/C20H21N3O3S/c1-2-25-17-10-8-15(9-11-17)14-18(24)21-20-23-22-19(27-20)12-13-26-16-6-4-3-5-7-16/h3-11H,2,12-14H2,1H3,(H,21,23,24). The van der Waals surface area contributed by atoms with Crippen LogP contribution in [0.4, 0.5) is 5.13 Å². The summed E-state index contributed by atoms with van der Waals surface area (Å²) in [5.74, 6) is 1.50. The molecule has 3 rings (SSSR count). The van der Waals surface area contributed by atoms with E-state index in [-0.39, 0.29) is 12.3 Å². The fraction of sp³-hybridized carbons (Fsp3) is 0.250. The molecular formula is C20H21N3O3S. The van der Waals surface area contributed by atoms with Gasteiger partial charge in [0.1, 0.15) is 16.5 Å². The number of nitrogens with zero attached hydrogens (tertiary/aromatic N) is 2. The molecule has 0 saturated heterocycles. The van der Waals surface area contributed by atoms with Crippen molar-refractivity contribution < 1.29 is 14.3 Å². The lowest BCUT2D eigenvalue weighted by molar-refractivity contribution is -0.115. The molecule has 0 saturated carbocycles. The molecule has 3 aromatic rings. The van der Waals surface area contributed by atoms with Crippen LogP contribution in [0.1, 0.15) is 17.5 Å². The molecule has 0 bridgehead atoms. The monoisotopic (exact) mass is 383 g/mol. The van der Waals surface area contributed by atoms with Gasteiger partial charge in [-0.2, -0.15) is 0 Å². The fourth-order valence-corrected chi connectivity index (χ4v) is 3.13. The zero-order chi connectivity index (χ0) is 18.9. The minimum atomic E-state index is -0.123. The van der Waals surface area contributed by atoms with Crippen molar-refractivity contribution in [3.63, 3.8) is 0 Å². The predicted molar refractivity (Wildman–Crippen MR) is 105 cm³/mol. The summed E-state index contributed by atoms with van der Waals surface area (Å²) in [4.78, 5) is 12.2. The van der Waals surface area contributed by atoms with Crippen LogP contribution >= 0.6 is 11.3 Å². The molecule has 140 valence electrons. The molecule has 0 unspecified atom stereocenters. The molecule has 0 aliphatic carbocycles. The summed E-state index contributed by atoms with van der Waals surface area (Å²) in [5.41, 5.74) is 0.914. The van der Waals surface area contributed by atoms with Gasteiger partial charge in [0.25, 0.3) is 0 Å². The third-order valence-corrected chi connectivity index (χ3v) is 4.54. The second-order valence-corrected chi connectivity index (χ2v) is 6.78. The zero-order valence-electron chi connectivity index (χ0n) is 15.1. The van der Waals surface area contributed by atoms with Crippen molar-refractivity contribution in [1.82, 2.24) is 10.2 Å². The van der Waals surface area contributed by atoms with Gasteiger partial charge in [-0.15, -0.1) is 10.2 Å². The van der Waals surface area contributed by atoms with Crippen molar-refractivity contribution in [2.24, 2.45) is 0 Å². The number of carbonyl (C=O) groups excluding carboxylic acids is 1. The largest absolute Gasteiger partial charge is 0.494 e. The Morgan fingerprint density at radius 2 is 1.74 bits per heavy atom. The molecule has 0 spiro atoms. The van der Waals surface area contributed by atoms with Crippen LogP contribution in [0.3, 0.4) is 0 Å². The Morgan fingerprint density at radius 1 is 1.00 bits per heavy atom. The quantitative estimate of drug-likeness (QED) is 0.609. The van der Waals surface area contributed by atoms with E-state index < -0.39 is 0 Å². The van der Waals surface area contributed by atoms with Crippen molar-refractivity contribution in [2.75, 3.05) is 18.5 Å². The van der Waals surface area contributed by atoms with Gasteiger partial charge in [-0.3, -0.25) is 4.79 Å². The van der Waals surface area contributed by atoms with Crippen LogP contribution in [0.15, 0.2) is 54.6 Å². The minimum absolute atomic E-state index is 0.123. The second kappa shape index (κ2) is 9.68. The number of hydrogen-bond donors (Lipinski definition) is 1. The van der Waals surface area contributed by atoms with E-state index in [1.54, 1.807) is 0 Å². The third kappa shape index (κ3) is 6.07. The maximum atomic E-state index is 12.2. The van der Waals surface area contributed by atoms with E-state index in [0.29, 0.717) is 24.8 Å². The van der Waals surface area contributed by atoms with Gasteiger partial charge in [-0.1, -0.05) is 41.7 Å². The van der Waals surface area contributed by atoms with Gasteiger partial charge in [0.15, 0.2) is 0 Å². The summed E-state index contributed by atoms with van der Waals surface area (Å²) in [6, 6.07) is 17.1. The summed E-state index contributed by atoms with van der Waals surface area (Å²) in [7, 11) is 0. The highest BCUT2D eigenvalue weighted by Gasteiger charge is 2.09. The summed E-state index contributed by atoms with van der Waals surface area (Å²) in [6.45, 7) is 3.07. The molecule has 27 heavy (non-hydrogen) atoms. The number of benzene rings is 2. The molecule has 0 aliphatic heterocycles. The first kappa shape index (κ1) is 18.8. The van der Waals surface area contributed by atoms with E-state index in [4.69, 9.17) is 9.47 Å². The van der Waals surface area contributed by atoms with Gasteiger partial charge in [-0.05, 0) is 36.8 Å². The number of para-hydroxylation sites is 1. The first-order valence-electron chi connectivity index (χ1n) is 8.75. The number of hydrogen-bond acceptors (Lipinski definition) is 6. The normalized spacial score (nSPS) is 10.4. The summed E-state index contributed by atoms with van der Waals surface area (Å²) >= 11 is 1.36.